The maximum atomic E-state index is 13.5. The van der Waals surface area contributed by atoms with Crippen LogP contribution in [0.25, 0.3) is 5.69 Å². The predicted molar refractivity (Wildman–Crippen MR) is 167 cm³/mol. The summed E-state index contributed by atoms with van der Waals surface area (Å²) in [5, 5.41) is 14.1. The average molecular weight is 612 g/mol. The molecule has 0 unspecified atom stereocenters. The molecule has 1 aliphatic heterocycles. The molecule has 232 valence electrons. The molecule has 3 aromatic rings. The van der Waals surface area contributed by atoms with Crippen molar-refractivity contribution in [3.63, 3.8) is 0 Å². The van der Waals surface area contributed by atoms with E-state index in [1.807, 2.05) is 27.7 Å². The summed E-state index contributed by atoms with van der Waals surface area (Å²) in [5.74, 6) is -0.554. The van der Waals surface area contributed by atoms with E-state index in [1.54, 1.807) is 36.5 Å². The zero-order valence-electron chi connectivity index (χ0n) is 25.8. The fraction of sp³-hybridized carbons (Fsp3) is 0.467. The molecule has 3 N–H and O–H groups in total. The lowest BCUT2D eigenvalue weighted by molar-refractivity contribution is 0.0935. The smallest absolute Gasteiger partial charge is 0.273 e. The van der Waals surface area contributed by atoms with E-state index in [4.69, 9.17) is 4.74 Å². The van der Waals surface area contributed by atoms with Gasteiger partial charge in [-0.25, -0.2) is 13.1 Å². The second-order valence-electron chi connectivity index (χ2n) is 11.9. The number of anilines is 2. The molecular formula is C30H41N7O5S. The number of methoxy groups -OCH3 is 1. The third kappa shape index (κ3) is 7.71. The standard InChI is InChI=1S/C30H41N7O5S/c1-8-36-13-9-10-22(36)17-31-29(39)25-18-37(35-33-25)26-14-20(12-11-19(26)2)28(38)32-23-15-21(30(3,4)5)16-24(27(23)42-6)34-43(7,40)41/h11-12,14-16,18,22,34H,8-10,13,17H2,1-7H3,(H,31,39)(H,32,38)/t22-/m0/s1. The molecule has 1 aromatic heterocycles. The first-order valence-corrected chi connectivity index (χ1v) is 16.2. The number of ether oxygens (including phenoxy) is 1. The molecule has 0 spiro atoms. The van der Waals surface area contributed by atoms with Crippen molar-refractivity contribution in [2.45, 2.75) is 58.9 Å². The van der Waals surface area contributed by atoms with Gasteiger partial charge in [0.1, 0.15) is 0 Å². The molecule has 1 aliphatic rings. The van der Waals surface area contributed by atoms with Crippen LogP contribution in [-0.4, -0.2) is 79.2 Å². The van der Waals surface area contributed by atoms with Crippen LogP contribution in [-0.2, 0) is 15.4 Å². The summed E-state index contributed by atoms with van der Waals surface area (Å²) in [5.41, 5.74) is 2.90. The van der Waals surface area contributed by atoms with Gasteiger partial charge < -0.3 is 15.4 Å². The molecule has 12 nitrogen and oxygen atoms in total. The number of rotatable bonds is 10. The number of carbonyl (C=O) groups excluding carboxylic acids is 2. The van der Waals surface area contributed by atoms with E-state index in [0.29, 0.717) is 29.5 Å². The Hall–Kier alpha value is -3.97. The number of nitrogens with zero attached hydrogens (tertiary/aromatic N) is 4. The van der Waals surface area contributed by atoms with E-state index in [9.17, 15) is 18.0 Å². The first-order chi connectivity index (χ1) is 20.2. The molecule has 0 bridgehead atoms. The van der Waals surface area contributed by atoms with E-state index in [-0.39, 0.29) is 28.5 Å². The lowest BCUT2D eigenvalue weighted by atomic mass is 9.86. The van der Waals surface area contributed by atoms with Crippen molar-refractivity contribution in [2.24, 2.45) is 0 Å². The zero-order chi connectivity index (χ0) is 31.5. The monoisotopic (exact) mass is 611 g/mol. The first-order valence-electron chi connectivity index (χ1n) is 14.3. The number of aryl methyl sites for hydroxylation is 1. The second-order valence-corrected chi connectivity index (χ2v) is 13.6. The number of likely N-dealkylation sites (N-methyl/N-ethyl adjacent to an activating group) is 1. The summed E-state index contributed by atoms with van der Waals surface area (Å²) in [6.45, 7) is 12.5. The molecule has 4 rings (SSSR count). The molecule has 2 aromatic carbocycles. The van der Waals surface area contributed by atoms with Crippen molar-refractivity contribution in [1.29, 1.82) is 0 Å². The lowest BCUT2D eigenvalue weighted by Crippen LogP contribution is -2.40. The molecule has 1 atom stereocenters. The average Bonchev–Trinajstić information content (AvgIpc) is 3.60. The molecular weight excluding hydrogens is 570 g/mol. The van der Waals surface area contributed by atoms with Crippen LogP contribution in [0.15, 0.2) is 36.5 Å². The van der Waals surface area contributed by atoms with Gasteiger partial charge in [0, 0.05) is 18.2 Å². The van der Waals surface area contributed by atoms with Gasteiger partial charge in [0.2, 0.25) is 10.0 Å². The van der Waals surface area contributed by atoms with Gasteiger partial charge in [-0.15, -0.1) is 5.10 Å². The Balaban J connectivity index is 1.57. The zero-order valence-corrected chi connectivity index (χ0v) is 26.6. The van der Waals surface area contributed by atoms with Gasteiger partial charge in [-0.1, -0.05) is 39.0 Å². The fourth-order valence-electron chi connectivity index (χ4n) is 5.17. The SMILES string of the molecule is CCN1CCC[C@H]1CNC(=O)c1cn(-c2cc(C(=O)Nc3cc(C(C)(C)C)cc(NS(C)(=O)=O)c3OC)ccc2C)nn1. The van der Waals surface area contributed by atoms with Crippen LogP contribution in [0.4, 0.5) is 11.4 Å². The van der Waals surface area contributed by atoms with Gasteiger partial charge in [-0.3, -0.25) is 19.2 Å². The van der Waals surface area contributed by atoms with Gasteiger partial charge in [-0.05, 0) is 73.7 Å². The molecule has 1 fully saturated rings. The summed E-state index contributed by atoms with van der Waals surface area (Å²) < 4.78 is 33.6. The number of benzene rings is 2. The summed E-state index contributed by atoms with van der Waals surface area (Å²) in [4.78, 5) is 28.7. The van der Waals surface area contributed by atoms with Crippen molar-refractivity contribution >= 4 is 33.2 Å². The minimum Gasteiger partial charge on any atom is -0.492 e. The maximum Gasteiger partial charge on any atom is 0.273 e. The molecule has 13 heteroatoms. The number of amides is 2. The van der Waals surface area contributed by atoms with E-state index in [2.05, 4.69) is 37.5 Å². The van der Waals surface area contributed by atoms with Crippen LogP contribution >= 0.6 is 0 Å². The summed E-state index contributed by atoms with van der Waals surface area (Å²) in [6, 6.07) is 8.91. The highest BCUT2D eigenvalue weighted by atomic mass is 32.2. The Morgan fingerprint density at radius 2 is 1.84 bits per heavy atom. The van der Waals surface area contributed by atoms with Crippen LogP contribution in [0.5, 0.6) is 5.75 Å². The number of carbonyl (C=O) groups is 2. The number of nitrogens with one attached hydrogen (secondary N) is 3. The van der Waals surface area contributed by atoms with Gasteiger partial charge >= 0.3 is 0 Å². The van der Waals surface area contributed by atoms with Gasteiger partial charge in [0.05, 0.1) is 36.6 Å². The van der Waals surface area contributed by atoms with E-state index in [0.717, 1.165) is 43.3 Å². The molecule has 43 heavy (non-hydrogen) atoms. The molecule has 0 radical (unpaired) electrons. The van der Waals surface area contributed by atoms with E-state index < -0.39 is 15.9 Å². The Morgan fingerprint density at radius 1 is 1.12 bits per heavy atom. The Labute approximate surface area is 253 Å². The highest BCUT2D eigenvalue weighted by Crippen LogP contribution is 2.39. The summed E-state index contributed by atoms with van der Waals surface area (Å²) in [6.07, 6.45) is 4.78. The number of sulfonamides is 1. The van der Waals surface area contributed by atoms with Crippen molar-refractivity contribution in [2.75, 3.05) is 43.0 Å². The quantitative estimate of drug-likeness (QED) is 0.314. The molecule has 2 heterocycles. The van der Waals surface area contributed by atoms with Gasteiger partial charge in [0.25, 0.3) is 11.8 Å². The topological polar surface area (TPSA) is 148 Å². The second kappa shape index (κ2) is 12.7. The Morgan fingerprint density at radius 3 is 2.49 bits per heavy atom. The lowest BCUT2D eigenvalue weighted by Gasteiger charge is -2.24. The van der Waals surface area contributed by atoms with Crippen LogP contribution in [0.1, 0.15) is 72.5 Å². The number of hydrogen-bond acceptors (Lipinski definition) is 8. The molecule has 2 amide bonds. The minimum atomic E-state index is -3.62. The maximum absolute atomic E-state index is 13.5. The normalized spacial score (nSPS) is 15.7. The molecule has 0 aliphatic carbocycles. The minimum absolute atomic E-state index is 0.185. The fourth-order valence-corrected chi connectivity index (χ4v) is 5.72. The molecule has 1 saturated heterocycles. The van der Waals surface area contributed by atoms with Crippen molar-refractivity contribution in [1.82, 2.24) is 25.2 Å². The molecule has 0 saturated carbocycles. The first kappa shape index (κ1) is 32.0. The Bertz CT molecular complexity index is 1610. The van der Waals surface area contributed by atoms with Gasteiger partial charge in [0.15, 0.2) is 11.4 Å². The predicted octanol–water partition coefficient (Wildman–Crippen LogP) is 3.72. The van der Waals surface area contributed by atoms with Crippen LogP contribution in [0.2, 0.25) is 0 Å². The Kier molecular flexibility index (Phi) is 9.45. The van der Waals surface area contributed by atoms with Crippen molar-refractivity contribution in [3.8, 4) is 11.4 Å². The summed E-state index contributed by atoms with van der Waals surface area (Å²) >= 11 is 0. The summed E-state index contributed by atoms with van der Waals surface area (Å²) in [7, 11) is -2.21. The van der Waals surface area contributed by atoms with Gasteiger partial charge in [-0.2, -0.15) is 0 Å². The highest BCUT2D eigenvalue weighted by molar-refractivity contribution is 7.92. The van der Waals surface area contributed by atoms with E-state index >= 15 is 0 Å². The number of aromatic nitrogens is 3. The van der Waals surface area contributed by atoms with Crippen molar-refractivity contribution < 1.29 is 22.7 Å². The number of hydrogen-bond donors (Lipinski definition) is 3. The largest absolute Gasteiger partial charge is 0.492 e. The van der Waals surface area contributed by atoms with Crippen LogP contribution < -0.4 is 20.1 Å². The van der Waals surface area contributed by atoms with E-state index in [1.165, 1.54) is 11.8 Å². The van der Waals surface area contributed by atoms with Crippen LogP contribution in [0, 0.1) is 6.92 Å². The highest BCUT2D eigenvalue weighted by Gasteiger charge is 2.25. The third-order valence-electron chi connectivity index (χ3n) is 7.55. The van der Waals surface area contributed by atoms with Crippen LogP contribution in [0.3, 0.4) is 0 Å². The van der Waals surface area contributed by atoms with Crippen molar-refractivity contribution in [3.05, 3.63) is 58.9 Å². The third-order valence-corrected chi connectivity index (χ3v) is 8.14. The number of likely N-dealkylation sites (tertiary alicyclic amines) is 1.